The number of nitrogens with one attached hydrogen (secondary N) is 1. The van der Waals surface area contributed by atoms with Crippen LogP contribution >= 0.6 is 11.6 Å². The summed E-state index contributed by atoms with van der Waals surface area (Å²) < 4.78 is 0. The molecule has 0 heterocycles. The van der Waals surface area contributed by atoms with Crippen LogP contribution in [0.4, 0.5) is 5.69 Å². The van der Waals surface area contributed by atoms with Crippen LogP contribution in [0.5, 0.6) is 0 Å². The van der Waals surface area contributed by atoms with Gasteiger partial charge in [0.05, 0.1) is 0 Å². The molecule has 2 aliphatic rings. The number of halogens is 1. The molecule has 0 bridgehead atoms. The highest BCUT2D eigenvalue weighted by Crippen LogP contribution is 2.34. The van der Waals surface area contributed by atoms with Crippen molar-refractivity contribution in [3.8, 4) is 0 Å². The third-order valence-electron chi connectivity index (χ3n) is 4.27. The van der Waals surface area contributed by atoms with Crippen molar-refractivity contribution in [1.82, 2.24) is 5.32 Å². The van der Waals surface area contributed by atoms with Gasteiger partial charge in [-0.15, -0.1) is 0 Å². The molecule has 2 nitrogen and oxygen atoms in total. The zero-order valence-electron chi connectivity index (χ0n) is 12.4. The van der Waals surface area contributed by atoms with Gasteiger partial charge in [-0.25, -0.2) is 0 Å². The molecule has 2 aliphatic carbocycles. The summed E-state index contributed by atoms with van der Waals surface area (Å²) in [7, 11) is 0. The van der Waals surface area contributed by atoms with Crippen LogP contribution in [0, 0.1) is 0 Å². The Kier molecular flexibility index (Phi) is 4.52. The number of hydrogen-bond acceptors (Lipinski definition) is 2. The maximum Gasteiger partial charge on any atom is 0.0471 e. The van der Waals surface area contributed by atoms with Crippen LogP contribution in [0.1, 0.15) is 51.0 Å². The Morgan fingerprint density at radius 1 is 1.25 bits per heavy atom. The lowest BCUT2D eigenvalue weighted by atomic mass is 10.1. The first-order valence-electron chi connectivity index (χ1n) is 8.06. The zero-order valence-corrected chi connectivity index (χ0v) is 13.1. The predicted octanol–water partition coefficient (Wildman–Crippen LogP) is 4.36. The smallest absolute Gasteiger partial charge is 0.0471 e. The van der Waals surface area contributed by atoms with Crippen molar-refractivity contribution in [2.45, 2.75) is 64.1 Å². The Morgan fingerprint density at radius 2 is 2.05 bits per heavy atom. The molecule has 2 saturated carbocycles. The molecule has 2 fully saturated rings. The van der Waals surface area contributed by atoms with E-state index >= 15 is 0 Å². The average Bonchev–Trinajstić information content (AvgIpc) is 3.31. The fourth-order valence-corrected chi connectivity index (χ4v) is 2.88. The van der Waals surface area contributed by atoms with E-state index < -0.39 is 0 Å². The highest BCUT2D eigenvalue weighted by molar-refractivity contribution is 6.31. The SMILES string of the molecule is CCCCN(c1ccc(CNC2CC2)c(Cl)c1)C1CC1. The van der Waals surface area contributed by atoms with E-state index in [4.69, 9.17) is 11.6 Å². The summed E-state index contributed by atoms with van der Waals surface area (Å²) in [6.45, 7) is 4.32. The van der Waals surface area contributed by atoms with Gasteiger partial charge in [0.1, 0.15) is 0 Å². The summed E-state index contributed by atoms with van der Waals surface area (Å²) in [5.74, 6) is 0. The van der Waals surface area contributed by atoms with Crippen LogP contribution in [0.25, 0.3) is 0 Å². The topological polar surface area (TPSA) is 15.3 Å². The molecule has 1 N–H and O–H groups in total. The average molecular weight is 293 g/mol. The van der Waals surface area contributed by atoms with Crippen LogP contribution in [-0.2, 0) is 6.54 Å². The minimum atomic E-state index is 0.734. The Hall–Kier alpha value is -0.730. The van der Waals surface area contributed by atoms with Crippen molar-refractivity contribution < 1.29 is 0 Å². The molecule has 1 aromatic rings. The molecule has 1 aromatic carbocycles. The number of unbranched alkanes of at least 4 members (excludes halogenated alkanes) is 1. The third-order valence-corrected chi connectivity index (χ3v) is 4.62. The zero-order chi connectivity index (χ0) is 13.9. The van der Waals surface area contributed by atoms with E-state index in [1.807, 2.05) is 0 Å². The highest BCUT2D eigenvalue weighted by atomic mass is 35.5. The summed E-state index contributed by atoms with van der Waals surface area (Å²) in [5, 5.41) is 4.45. The van der Waals surface area contributed by atoms with Crippen molar-refractivity contribution in [2.75, 3.05) is 11.4 Å². The van der Waals surface area contributed by atoms with Crippen LogP contribution in [0.3, 0.4) is 0 Å². The molecule has 0 radical (unpaired) electrons. The van der Waals surface area contributed by atoms with E-state index in [1.165, 1.54) is 49.8 Å². The Labute approximate surface area is 127 Å². The van der Waals surface area contributed by atoms with Gasteiger partial charge in [-0.05, 0) is 49.8 Å². The lowest BCUT2D eigenvalue weighted by Gasteiger charge is -2.25. The van der Waals surface area contributed by atoms with Crippen LogP contribution < -0.4 is 10.2 Å². The van der Waals surface area contributed by atoms with Gasteiger partial charge in [-0.3, -0.25) is 0 Å². The fraction of sp³-hybridized carbons (Fsp3) is 0.647. The normalized spacial score (nSPS) is 18.3. The Bertz CT molecular complexity index is 452. The summed E-state index contributed by atoms with van der Waals surface area (Å²) in [6, 6.07) is 8.11. The van der Waals surface area contributed by atoms with Gasteiger partial charge in [-0.2, -0.15) is 0 Å². The number of hydrogen-bond donors (Lipinski definition) is 1. The lowest BCUT2D eigenvalue weighted by Crippen LogP contribution is -2.26. The van der Waals surface area contributed by atoms with Gasteiger partial charge in [0.15, 0.2) is 0 Å². The van der Waals surface area contributed by atoms with Gasteiger partial charge in [0.2, 0.25) is 0 Å². The molecule has 0 atom stereocenters. The molecule has 3 rings (SSSR count). The van der Waals surface area contributed by atoms with E-state index in [9.17, 15) is 0 Å². The molecule has 0 saturated heterocycles. The van der Waals surface area contributed by atoms with Gasteiger partial charge < -0.3 is 10.2 Å². The van der Waals surface area contributed by atoms with Crippen LogP contribution in [0.2, 0.25) is 5.02 Å². The van der Waals surface area contributed by atoms with Gasteiger partial charge in [-0.1, -0.05) is 31.0 Å². The molecule has 0 amide bonds. The number of nitrogens with zero attached hydrogens (tertiary/aromatic N) is 1. The fourth-order valence-electron chi connectivity index (χ4n) is 2.64. The van der Waals surface area contributed by atoms with Crippen LogP contribution in [0.15, 0.2) is 18.2 Å². The monoisotopic (exact) mass is 292 g/mol. The molecule has 110 valence electrons. The van der Waals surface area contributed by atoms with E-state index in [0.717, 1.165) is 30.2 Å². The molecule has 3 heteroatoms. The summed E-state index contributed by atoms with van der Waals surface area (Å²) in [4.78, 5) is 2.55. The van der Waals surface area contributed by atoms with E-state index in [1.54, 1.807) is 0 Å². The number of anilines is 1. The van der Waals surface area contributed by atoms with E-state index in [-0.39, 0.29) is 0 Å². The maximum atomic E-state index is 6.47. The standard InChI is InChI=1S/C17H25ClN2/c1-2-3-10-20(15-8-9-15)16-7-4-13(17(18)11-16)12-19-14-5-6-14/h4,7,11,14-15,19H,2-3,5-6,8-10,12H2,1H3. The molecule has 0 aromatic heterocycles. The van der Waals surface area contributed by atoms with Gasteiger partial charge >= 0.3 is 0 Å². The van der Waals surface area contributed by atoms with E-state index in [0.29, 0.717) is 0 Å². The second kappa shape index (κ2) is 6.36. The first-order chi connectivity index (χ1) is 9.78. The van der Waals surface area contributed by atoms with Gasteiger partial charge in [0, 0.05) is 35.9 Å². The molecule has 0 aliphatic heterocycles. The highest BCUT2D eigenvalue weighted by Gasteiger charge is 2.29. The second-order valence-electron chi connectivity index (χ2n) is 6.21. The number of rotatable bonds is 8. The largest absolute Gasteiger partial charge is 0.369 e. The van der Waals surface area contributed by atoms with E-state index in [2.05, 4.69) is 35.3 Å². The third kappa shape index (κ3) is 3.67. The number of benzene rings is 1. The summed E-state index contributed by atoms with van der Waals surface area (Å²) in [5.41, 5.74) is 2.54. The predicted molar refractivity (Wildman–Crippen MR) is 86.6 cm³/mol. The van der Waals surface area contributed by atoms with Crippen molar-refractivity contribution >= 4 is 17.3 Å². The Morgan fingerprint density at radius 3 is 2.65 bits per heavy atom. The maximum absolute atomic E-state index is 6.47. The van der Waals surface area contributed by atoms with Crippen molar-refractivity contribution in [2.24, 2.45) is 0 Å². The molecule has 0 spiro atoms. The summed E-state index contributed by atoms with van der Waals surface area (Å²) >= 11 is 6.47. The van der Waals surface area contributed by atoms with Crippen molar-refractivity contribution in [1.29, 1.82) is 0 Å². The lowest BCUT2D eigenvalue weighted by molar-refractivity contribution is 0.687. The summed E-state index contributed by atoms with van der Waals surface area (Å²) in [6.07, 6.45) is 7.84. The van der Waals surface area contributed by atoms with Crippen molar-refractivity contribution in [3.63, 3.8) is 0 Å². The molecular weight excluding hydrogens is 268 g/mol. The second-order valence-corrected chi connectivity index (χ2v) is 6.62. The minimum absolute atomic E-state index is 0.734. The van der Waals surface area contributed by atoms with Gasteiger partial charge in [0.25, 0.3) is 0 Å². The molecular formula is C17H25ClN2. The Balaban J connectivity index is 1.66. The van der Waals surface area contributed by atoms with Crippen LogP contribution in [-0.4, -0.2) is 18.6 Å². The van der Waals surface area contributed by atoms with Crippen molar-refractivity contribution in [3.05, 3.63) is 28.8 Å². The minimum Gasteiger partial charge on any atom is -0.369 e. The molecule has 20 heavy (non-hydrogen) atoms. The first kappa shape index (κ1) is 14.2. The first-order valence-corrected chi connectivity index (χ1v) is 8.44. The molecule has 0 unspecified atom stereocenters. The quantitative estimate of drug-likeness (QED) is 0.766.